The number of piperidine rings is 1. The highest BCUT2D eigenvalue weighted by Crippen LogP contribution is 2.29. The second-order valence-electron chi connectivity index (χ2n) is 8.56. The highest BCUT2D eigenvalue weighted by Gasteiger charge is 2.28. The zero-order valence-electron chi connectivity index (χ0n) is 19.3. The van der Waals surface area contributed by atoms with E-state index in [1.165, 1.54) is 0 Å². The van der Waals surface area contributed by atoms with Crippen LogP contribution >= 0.6 is 0 Å². The van der Waals surface area contributed by atoms with Crippen molar-refractivity contribution in [1.29, 1.82) is 0 Å². The third-order valence-corrected chi connectivity index (χ3v) is 6.38. The Hall–Kier alpha value is -3.48. The molecule has 4 rings (SSSR count). The van der Waals surface area contributed by atoms with Gasteiger partial charge in [-0.25, -0.2) is 0 Å². The Kier molecular flexibility index (Phi) is 6.87. The van der Waals surface area contributed by atoms with Crippen molar-refractivity contribution in [1.82, 2.24) is 15.0 Å². The lowest BCUT2D eigenvalue weighted by atomic mass is 9.96. The van der Waals surface area contributed by atoms with Crippen LogP contribution in [0.25, 0.3) is 11.4 Å². The summed E-state index contributed by atoms with van der Waals surface area (Å²) in [7, 11) is 1.63. The Balaban J connectivity index is 1.27. The van der Waals surface area contributed by atoms with Gasteiger partial charge in [0.1, 0.15) is 5.75 Å². The maximum absolute atomic E-state index is 12.7. The van der Waals surface area contributed by atoms with E-state index < -0.39 is 0 Å². The minimum atomic E-state index is 0.0123. The number of aromatic nitrogens is 2. The van der Waals surface area contributed by atoms with Gasteiger partial charge in [0.25, 0.3) is 0 Å². The van der Waals surface area contributed by atoms with Crippen LogP contribution in [-0.4, -0.2) is 46.9 Å². The maximum atomic E-state index is 12.7. The molecule has 1 aliphatic heterocycles. The molecule has 0 unspecified atom stereocenters. The van der Waals surface area contributed by atoms with Gasteiger partial charge >= 0.3 is 0 Å². The molecule has 0 radical (unpaired) electrons. The lowest BCUT2D eigenvalue weighted by molar-refractivity contribution is -0.132. The molecule has 1 aliphatic rings. The number of benzene rings is 2. The van der Waals surface area contributed by atoms with Crippen LogP contribution in [0.3, 0.4) is 0 Å². The zero-order chi connectivity index (χ0) is 23.4. The van der Waals surface area contributed by atoms with Crippen molar-refractivity contribution in [2.75, 3.05) is 20.2 Å². The molecule has 7 nitrogen and oxygen atoms in total. The van der Waals surface area contributed by atoms with E-state index in [4.69, 9.17) is 9.26 Å². The molecule has 1 fully saturated rings. The minimum absolute atomic E-state index is 0.0123. The molecule has 0 N–H and O–H groups in total. The lowest BCUT2D eigenvalue weighted by Crippen LogP contribution is -2.38. The normalized spacial score (nSPS) is 14.3. The number of Topliss-reactive ketones (excluding diaryl/α,β-unsaturated/α-hetero) is 1. The van der Waals surface area contributed by atoms with Gasteiger partial charge in [0, 0.05) is 43.0 Å². The van der Waals surface area contributed by atoms with Gasteiger partial charge < -0.3 is 14.2 Å². The molecule has 1 aromatic heterocycles. The largest absolute Gasteiger partial charge is 0.497 e. The van der Waals surface area contributed by atoms with Crippen LogP contribution < -0.4 is 4.74 Å². The molecule has 1 amide bonds. The number of amides is 1. The van der Waals surface area contributed by atoms with Gasteiger partial charge in [0.05, 0.1) is 7.11 Å². The van der Waals surface area contributed by atoms with Gasteiger partial charge in [0.2, 0.25) is 17.6 Å². The number of hydrogen-bond acceptors (Lipinski definition) is 6. The van der Waals surface area contributed by atoms with E-state index in [1.807, 2.05) is 61.2 Å². The first-order chi connectivity index (χ1) is 15.9. The van der Waals surface area contributed by atoms with Crippen molar-refractivity contribution in [2.45, 2.75) is 45.4 Å². The average Bonchev–Trinajstić information content (AvgIpc) is 3.34. The Bertz CT molecular complexity index is 1130. The summed E-state index contributed by atoms with van der Waals surface area (Å²) in [6, 6.07) is 13.2. The highest BCUT2D eigenvalue weighted by molar-refractivity contribution is 5.98. The number of rotatable bonds is 7. The van der Waals surface area contributed by atoms with E-state index in [-0.39, 0.29) is 30.4 Å². The van der Waals surface area contributed by atoms with Crippen LogP contribution in [0.15, 0.2) is 47.0 Å². The molecule has 7 heteroatoms. The van der Waals surface area contributed by atoms with Crippen LogP contribution in [0.4, 0.5) is 0 Å². The van der Waals surface area contributed by atoms with Gasteiger partial charge in [-0.1, -0.05) is 17.3 Å². The quantitative estimate of drug-likeness (QED) is 0.487. The third kappa shape index (κ3) is 5.30. The lowest BCUT2D eigenvalue weighted by Gasteiger charge is -2.30. The van der Waals surface area contributed by atoms with Gasteiger partial charge in [-0.2, -0.15) is 4.98 Å². The van der Waals surface area contributed by atoms with Gasteiger partial charge in [-0.3, -0.25) is 9.59 Å². The molecule has 0 saturated carbocycles. The number of aryl methyl sites for hydroxylation is 2. The van der Waals surface area contributed by atoms with Crippen molar-refractivity contribution in [3.8, 4) is 17.1 Å². The predicted molar refractivity (Wildman–Crippen MR) is 124 cm³/mol. The van der Waals surface area contributed by atoms with Crippen molar-refractivity contribution in [3.05, 3.63) is 65.0 Å². The zero-order valence-corrected chi connectivity index (χ0v) is 19.3. The van der Waals surface area contributed by atoms with E-state index in [9.17, 15) is 9.59 Å². The van der Waals surface area contributed by atoms with Crippen molar-refractivity contribution < 1.29 is 18.8 Å². The highest BCUT2D eigenvalue weighted by atomic mass is 16.5. The second-order valence-corrected chi connectivity index (χ2v) is 8.56. The fourth-order valence-corrected chi connectivity index (χ4v) is 4.07. The summed E-state index contributed by atoms with van der Waals surface area (Å²) in [5, 5.41) is 4.12. The molecular weight excluding hydrogens is 418 g/mol. The molecule has 172 valence electrons. The number of methoxy groups -OCH3 is 1. The standard InChI is InChI=1S/C26H29N3O4/c1-17-4-5-21(16-18(17)2)23(30)10-11-24(31)29-14-12-20(13-15-29)26-27-25(28-33-26)19-6-8-22(32-3)9-7-19/h4-9,16,20H,10-15H2,1-3H3. The number of hydrogen-bond donors (Lipinski definition) is 0. The monoisotopic (exact) mass is 447 g/mol. The van der Waals surface area contributed by atoms with E-state index in [2.05, 4.69) is 10.1 Å². The first kappa shape index (κ1) is 22.7. The van der Waals surface area contributed by atoms with E-state index in [1.54, 1.807) is 7.11 Å². The Morgan fingerprint density at radius 3 is 2.42 bits per heavy atom. The molecule has 0 atom stereocenters. The molecule has 3 aromatic rings. The summed E-state index contributed by atoms with van der Waals surface area (Å²) in [5.74, 6) is 2.10. The second kappa shape index (κ2) is 9.98. The molecule has 0 aliphatic carbocycles. The van der Waals surface area contributed by atoms with Crippen molar-refractivity contribution >= 4 is 11.7 Å². The average molecular weight is 448 g/mol. The Morgan fingerprint density at radius 2 is 1.76 bits per heavy atom. The van der Waals surface area contributed by atoms with Crippen LogP contribution in [-0.2, 0) is 4.79 Å². The number of likely N-dealkylation sites (tertiary alicyclic amines) is 1. The molecule has 0 spiro atoms. The van der Waals surface area contributed by atoms with Crippen LogP contribution in [0.1, 0.15) is 59.0 Å². The van der Waals surface area contributed by atoms with Gasteiger partial charge in [0.15, 0.2) is 5.78 Å². The van der Waals surface area contributed by atoms with E-state index in [0.717, 1.165) is 35.3 Å². The summed E-state index contributed by atoms with van der Waals surface area (Å²) < 4.78 is 10.7. The smallest absolute Gasteiger partial charge is 0.230 e. The summed E-state index contributed by atoms with van der Waals surface area (Å²) in [6.07, 6.45) is 2.00. The fourth-order valence-electron chi connectivity index (χ4n) is 4.07. The number of carbonyl (C=O) groups is 2. The first-order valence-electron chi connectivity index (χ1n) is 11.3. The molecular formula is C26H29N3O4. The van der Waals surface area contributed by atoms with Crippen LogP contribution in [0.2, 0.25) is 0 Å². The number of ketones is 1. The molecule has 2 aromatic carbocycles. The van der Waals surface area contributed by atoms with E-state index >= 15 is 0 Å². The third-order valence-electron chi connectivity index (χ3n) is 6.38. The summed E-state index contributed by atoms with van der Waals surface area (Å²) in [4.78, 5) is 31.5. The Labute approximate surface area is 193 Å². The van der Waals surface area contributed by atoms with Crippen molar-refractivity contribution in [3.63, 3.8) is 0 Å². The predicted octanol–water partition coefficient (Wildman–Crippen LogP) is 4.73. The fraction of sp³-hybridized carbons (Fsp3) is 0.385. The molecule has 0 bridgehead atoms. The van der Waals surface area contributed by atoms with Crippen LogP contribution in [0, 0.1) is 13.8 Å². The van der Waals surface area contributed by atoms with Gasteiger partial charge in [-0.15, -0.1) is 0 Å². The SMILES string of the molecule is COc1ccc(-c2noc(C3CCN(C(=O)CCC(=O)c4ccc(C)c(C)c4)CC3)n2)cc1. The Morgan fingerprint density at radius 1 is 1.03 bits per heavy atom. The van der Waals surface area contributed by atoms with Gasteiger partial charge in [-0.05, 0) is 68.1 Å². The molecule has 2 heterocycles. The van der Waals surface area contributed by atoms with E-state index in [0.29, 0.717) is 30.4 Å². The summed E-state index contributed by atoms with van der Waals surface area (Å²) >= 11 is 0. The minimum Gasteiger partial charge on any atom is -0.497 e. The topological polar surface area (TPSA) is 85.5 Å². The summed E-state index contributed by atoms with van der Waals surface area (Å²) in [6.45, 7) is 5.26. The molecule has 33 heavy (non-hydrogen) atoms. The van der Waals surface area contributed by atoms with Crippen LogP contribution in [0.5, 0.6) is 5.75 Å². The van der Waals surface area contributed by atoms with Crippen molar-refractivity contribution in [2.24, 2.45) is 0 Å². The number of ether oxygens (including phenoxy) is 1. The molecule has 1 saturated heterocycles. The summed E-state index contributed by atoms with van der Waals surface area (Å²) in [5.41, 5.74) is 3.79. The number of carbonyl (C=O) groups excluding carboxylic acids is 2. The first-order valence-corrected chi connectivity index (χ1v) is 11.3. The maximum Gasteiger partial charge on any atom is 0.230 e. The number of nitrogens with zero attached hydrogens (tertiary/aromatic N) is 3.